The minimum Gasteiger partial charge on any atom is -0.462 e. The monoisotopic (exact) mass is 388 g/mol. The maximum Gasteiger partial charge on any atom is 0.490 e. The van der Waals surface area contributed by atoms with E-state index in [9.17, 15) is 22.8 Å². The molecule has 0 N–H and O–H groups in total. The lowest BCUT2D eigenvalue weighted by Crippen LogP contribution is -2.25. The van der Waals surface area contributed by atoms with Crippen LogP contribution in [0.1, 0.15) is 41.6 Å². The first-order valence-corrected chi connectivity index (χ1v) is 8.56. The average molecular weight is 388 g/mol. The Bertz CT molecular complexity index is 596. The number of alkyl halides is 3. The standard InChI is InChI=1S/C19H23F3O5/c1-2-15-7-9-16(10-8-15)17(23)26-13-5-3-11-25-12-4-6-14-27-18(24)19(20,21)22/h2,7-10H,1,3-6,11-14H2. The Labute approximate surface area is 156 Å². The highest BCUT2D eigenvalue weighted by Crippen LogP contribution is 2.16. The maximum atomic E-state index is 11.9. The molecule has 0 bridgehead atoms. The van der Waals surface area contributed by atoms with Gasteiger partial charge in [-0.1, -0.05) is 24.8 Å². The molecule has 0 spiro atoms. The van der Waals surface area contributed by atoms with Gasteiger partial charge in [0.05, 0.1) is 18.8 Å². The van der Waals surface area contributed by atoms with Crippen LogP contribution in [-0.2, 0) is 19.0 Å². The van der Waals surface area contributed by atoms with E-state index in [2.05, 4.69) is 11.3 Å². The third-order valence-corrected chi connectivity index (χ3v) is 3.45. The number of benzene rings is 1. The summed E-state index contributed by atoms with van der Waals surface area (Å²) in [4.78, 5) is 22.3. The van der Waals surface area contributed by atoms with Crippen LogP contribution in [0, 0.1) is 0 Å². The van der Waals surface area contributed by atoms with Crippen LogP contribution < -0.4 is 0 Å². The Kier molecular flexibility index (Phi) is 10.2. The van der Waals surface area contributed by atoms with Crippen molar-refractivity contribution >= 4 is 18.0 Å². The van der Waals surface area contributed by atoms with Crippen molar-refractivity contribution in [3.05, 3.63) is 42.0 Å². The third kappa shape index (κ3) is 9.79. The third-order valence-electron chi connectivity index (χ3n) is 3.45. The molecule has 0 radical (unpaired) electrons. The van der Waals surface area contributed by atoms with Crippen LogP contribution >= 0.6 is 0 Å². The Hall–Kier alpha value is -2.35. The second kappa shape index (κ2) is 12.1. The number of esters is 2. The average Bonchev–Trinajstić information content (AvgIpc) is 2.65. The summed E-state index contributed by atoms with van der Waals surface area (Å²) in [6.07, 6.45) is -1.16. The van der Waals surface area contributed by atoms with Gasteiger partial charge in [0.1, 0.15) is 0 Å². The van der Waals surface area contributed by atoms with Crippen molar-refractivity contribution < 1.29 is 37.0 Å². The number of halogens is 3. The van der Waals surface area contributed by atoms with Crippen LogP contribution in [0.3, 0.4) is 0 Å². The second-order valence-electron chi connectivity index (χ2n) is 5.62. The van der Waals surface area contributed by atoms with Crippen LogP contribution in [0.4, 0.5) is 13.2 Å². The molecule has 1 aromatic carbocycles. The van der Waals surface area contributed by atoms with E-state index in [4.69, 9.17) is 9.47 Å². The quantitative estimate of drug-likeness (QED) is 0.397. The highest BCUT2D eigenvalue weighted by Gasteiger charge is 2.40. The molecule has 0 aromatic heterocycles. The molecule has 1 rings (SSSR count). The predicted molar refractivity (Wildman–Crippen MR) is 93.1 cm³/mol. The maximum absolute atomic E-state index is 11.9. The first-order valence-electron chi connectivity index (χ1n) is 8.56. The minimum absolute atomic E-state index is 0.277. The van der Waals surface area contributed by atoms with E-state index in [-0.39, 0.29) is 19.2 Å². The predicted octanol–water partition coefficient (Wildman–Crippen LogP) is 4.17. The van der Waals surface area contributed by atoms with Gasteiger partial charge in [-0.15, -0.1) is 0 Å². The molecule has 5 nitrogen and oxygen atoms in total. The van der Waals surface area contributed by atoms with Gasteiger partial charge < -0.3 is 14.2 Å². The molecule has 0 unspecified atom stereocenters. The fourth-order valence-corrected chi connectivity index (χ4v) is 1.96. The SMILES string of the molecule is C=Cc1ccc(C(=O)OCCCCOCCCCOC(=O)C(F)(F)F)cc1. The number of ether oxygens (including phenoxy) is 3. The smallest absolute Gasteiger partial charge is 0.462 e. The summed E-state index contributed by atoms with van der Waals surface area (Å²) in [7, 11) is 0. The molecule has 0 amide bonds. The van der Waals surface area contributed by atoms with Crippen LogP contribution in [0.5, 0.6) is 0 Å². The number of hydrogen-bond donors (Lipinski definition) is 0. The summed E-state index contributed by atoms with van der Waals surface area (Å²) in [5.41, 5.74) is 1.39. The first-order chi connectivity index (χ1) is 12.8. The van der Waals surface area contributed by atoms with E-state index in [1.54, 1.807) is 30.3 Å². The highest BCUT2D eigenvalue weighted by atomic mass is 19.4. The number of unbranched alkanes of at least 4 members (excludes halogenated alkanes) is 2. The topological polar surface area (TPSA) is 61.8 Å². The molecule has 27 heavy (non-hydrogen) atoms. The summed E-state index contributed by atoms with van der Waals surface area (Å²) in [6.45, 7) is 4.44. The van der Waals surface area contributed by atoms with Gasteiger partial charge in [-0.05, 0) is 43.4 Å². The van der Waals surface area contributed by atoms with Crippen LogP contribution in [0.25, 0.3) is 6.08 Å². The highest BCUT2D eigenvalue weighted by molar-refractivity contribution is 5.89. The number of hydrogen-bond acceptors (Lipinski definition) is 5. The fourth-order valence-electron chi connectivity index (χ4n) is 1.96. The van der Waals surface area contributed by atoms with Crippen molar-refractivity contribution in [1.82, 2.24) is 0 Å². The van der Waals surface area contributed by atoms with E-state index in [0.717, 1.165) is 5.56 Å². The Balaban J connectivity index is 1.96. The largest absolute Gasteiger partial charge is 0.490 e. The van der Waals surface area contributed by atoms with Gasteiger partial charge in [0.25, 0.3) is 0 Å². The van der Waals surface area contributed by atoms with E-state index in [1.165, 1.54) is 0 Å². The summed E-state index contributed by atoms with van der Waals surface area (Å²) in [5, 5.41) is 0. The molecule has 0 aliphatic rings. The van der Waals surface area contributed by atoms with Crippen molar-refractivity contribution in [3.8, 4) is 0 Å². The summed E-state index contributed by atoms with van der Waals surface area (Å²) in [5.74, 6) is -2.56. The normalized spacial score (nSPS) is 11.1. The van der Waals surface area contributed by atoms with Crippen molar-refractivity contribution in [2.24, 2.45) is 0 Å². The van der Waals surface area contributed by atoms with Gasteiger partial charge in [0.15, 0.2) is 0 Å². The molecule has 1 aromatic rings. The molecule has 8 heteroatoms. The zero-order chi connectivity index (χ0) is 20.1. The Morgan fingerprint density at radius 2 is 1.41 bits per heavy atom. The zero-order valence-electron chi connectivity index (χ0n) is 14.9. The second-order valence-corrected chi connectivity index (χ2v) is 5.62. The molecular formula is C19H23F3O5. The van der Waals surface area contributed by atoms with E-state index >= 15 is 0 Å². The molecule has 0 fully saturated rings. The lowest BCUT2D eigenvalue weighted by atomic mass is 10.1. The fraction of sp³-hybridized carbons (Fsp3) is 0.474. The molecule has 150 valence electrons. The molecule has 0 heterocycles. The van der Waals surface area contributed by atoms with Gasteiger partial charge in [0, 0.05) is 13.2 Å². The van der Waals surface area contributed by atoms with Crippen molar-refractivity contribution in [3.63, 3.8) is 0 Å². The zero-order valence-corrected chi connectivity index (χ0v) is 14.9. The Morgan fingerprint density at radius 3 is 1.93 bits per heavy atom. The van der Waals surface area contributed by atoms with E-state index in [1.807, 2.05) is 0 Å². The number of carbonyl (C=O) groups is 2. The lowest BCUT2D eigenvalue weighted by Gasteiger charge is -2.08. The van der Waals surface area contributed by atoms with Crippen molar-refractivity contribution in [2.45, 2.75) is 31.9 Å². The van der Waals surface area contributed by atoms with Crippen molar-refractivity contribution in [2.75, 3.05) is 26.4 Å². The molecule has 0 atom stereocenters. The van der Waals surface area contributed by atoms with Gasteiger partial charge in [-0.25, -0.2) is 9.59 Å². The van der Waals surface area contributed by atoms with Gasteiger partial charge >= 0.3 is 18.1 Å². The van der Waals surface area contributed by atoms with Gasteiger partial charge in [-0.2, -0.15) is 13.2 Å². The van der Waals surface area contributed by atoms with E-state index < -0.39 is 12.1 Å². The summed E-state index contributed by atoms with van der Waals surface area (Å²) >= 11 is 0. The van der Waals surface area contributed by atoms with Crippen LogP contribution in [0.15, 0.2) is 30.8 Å². The summed E-state index contributed by atoms with van der Waals surface area (Å²) < 4.78 is 50.1. The number of carbonyl (C=O) groups excluding carboxylic acids is 2. The van der Waals surface area contributed by atoms with E-state index in [0.29, 0.717) is 44.5 Å². The molecule has 0 saturated carbocycles. The Morgan fingerprint density at radius 1 is 0.889 bits per heavy atom. The number of rotatable bonds is 12. The lowest BCUT2D eigenvalue weighted by molar-refractivity contribution is -0.199. The first kappa shape index (κ1) is 22.7. The van der Waals surface area contributed by atoms with Crippen LogP contribution in [0.2, 0.25) is 0 Å². The van der Waals surface area contributed by atoms with Crippen LogP contribution in [-0.4, -0.2) is 44.5 Å². The molecule has 0 aliphatic carbocycles. The minimum atomic E-state index is -4.95. The van der Waals surface area contributed by atoms with Crippen molar-refractivity contribution in [1.29, 1.82) is 0 Å². The molecular weight excluding hydrogens is 365 g/mol. The summed E-state index contributed by atoms with van der Waals surface area (Å²) in [6, 6.07) is 6.91. The molecule has 0 aliphatic heterocycles. The van der Waals surface area contributed by atoms with Gasteiger partial charge in [-0.3, -0.25) is 0 Å². The van der Waals surface area contributed by atoms with Gasteiger partial charge in [0.2, 0.25) is 0 Å². The molecule has 0 saturated heterocycles.